The van der Waals surface area contributed by atoms with Crippen LogP contribution in [0, 0.1) is 5.41 Å². The van der Waals surface area contributed by atoms with Crippen molar-refractivity contribution in [2.75, 3.05) is 26.8 Å². The number of hydrogen-bond acceptors (Lipinski definition) is 4. The lowest BCUT2D eigenvalue weighted by Gasteiger charge is -2.30. The van der Waals surface area contributed by atoms with Crippen molar-refractivity contribution in [3.05, 3.63) is 21.9 Å². The maximum atomic E-state index is 9.33. The van der Waals surface area contributed by atoms with Crippen LogP contribution >= 0.6 is 11.3 Å². The van der Waals surface area contributed by atoms with Crippen LogP contribution in [0.4, 0.5) is 0 Å². The average molecular weight is 285 g/mol. The summed E-state index contributed by atoms with van der Waals surface area (Å²) < 4.78 is 0. The highest BCUT2D eigenvalue weighted by atomic mass is 32.1. The minimum atomic E-state index is -0.432. The zero-order valence-electron chi connectivity index (χ0n) is 12.7. The second kappa shape index (κ2) is 6.35. The molecule has 0 bridgehead atoms. The second-order valence-electron chi connectivity index (χ2n) is 6.82. The van der Waals surface area contributed by atoms with Gasteiger partial charge in [0, 0.05) is 28.3 Å². The van der Waals surface area contributed by atoms with E-state index in [1.54, 1.807) is 0 Å². The van der Waals surface area contributed by atoms with Crippen molar-refractivity contribution in [3.8, 4) is 0 Å². The zero-order chi connectivity index (χ0) is 14.7. The summed E-state index contributed by atoms with van der Waals surface area (Å²) in [6.45, 7) is 10.1. The molecule has 0 aliphatic rings. The maximum Gasteiger partial charge on any atom is 0.0519 e. The molecule has 0 fully saturated rings. The molecule has 19 heavy (non-hydrogen) atoms. The lowest BCUT2D eigenvalue weighted by Crippen LogP contribution is -2.38. The van der Waals surface area contributed by atoms with E-state index in [0.29, 0.717) is 6.54 Å². The molecule has 0 aliphatic carbocycles. The Balaban J connectivity index is 2.62. The molecule has 2 N–H and O–H groups in total. The summed E-state index contributed by atoms with van der Waals surface area (Å²) in [7, 11) is 2.03. The van der Waals surface area contributed by atoms with Crippen molar-refractivity contribution >= 4 is 11.3 Å². The molecule has 0 unspecified atom stereocenters. The van der Waals surface area contributed by atoms with Crippen molar-refractivity contribution in [2.45, 2.75) is 39.7 Å². The molecule has 0 aromatic carbocycles. The number of hydrogen-bond donors (Lipinski definition) is 2. The van der Waals surface area contributed by atoms with Crippen LogP contribution in [-0.2, 0) is 12.0 Å². The van der Waals surface area contributed by atoms with Crippen molar-refractivity contribution in [2.24, 2.45) is 5.41 Å². The molecule has 0 saturated carbocycles. The molecule has 0 atom stereocenters. The fraction of sp³-hybridized carbons (Fsp3) is 0.733. The monoisotopic (exact) mass is 285 g/mol. The zero-order valence-corrected chi connectivity index (χ0v) is 13.5. The van der Waals surface area contributed by atoms with E-state index >= 15 is 0 Å². The van der Waals surface area contributed by atoms with Crippen LogP contribution in [-0.4, -0.2) is 41.9 Å². The summed E-state index contributed by atoms with van der Waals surface area (Å²) in [5.41, 5.74) is -0.231. The largest absolute Gasteiger partial charge is 0.396 e. The van der Waals surface area contributed by atoms with Crippen LogP contribution in [0.3, 0.4) is 0 Å². The molecule has 0 aliphatic heterocycles. The van der Waals surface area contributed by atoms with Gasteiger partial charge in [-0.15, -0.1) is 11.3 Å². The quantitative estimate of drug-likeness (QED) is 0.844. The van der Waals surface area contributed by atoms with Crippen LogP contribution in [0.5, 0.6) is 0 Å². The van der Waals surface area contributed by atoms with Crippen LogP contribution < -0.4 is 0 Å². The Morgan fingerprint density at radius 1 is 1.11 bits per heavy atom. The first-order chi connectivity index (χ1) is 8.70. The Morgan fingerprint density at radius 3 is 2.11 bits per heavy atom. The summed E-state index contributed by atoms with van der Waals surface area (Å²) >= 11 is 1.84. The van der Waals surface area contributed by atoms with Crippen LogP contribution in [0.25, 0.3) is 0 Å². The van der Waals surface area contributed by atoms with E-state index in [1.165, 1.54) is 9.75 Å². The fourth-order valence-corrected chi connectivity index (χ4v) is 3.14. The van der Waals surface area contributed by atoms with Crippen LogP contribution in [0.15, 0.2) is 12.1 Å². The molecular weight excluding hydrogens is 258 g/mol. The van der Waals surface area contributed by atoms with Gasteiger partial charge in [-0.25, -0.2) is 0 Å². The third kappa shape index (κ3) is 4.88. The second-order valence-corrected chi connectivity index (χ2v) is 7.98. The van der Waals surface area contributed by atoms with Crippen molar-refractivity contribution in [3.63, 3.8) is 0 Å². The van der Waals surface area contributed by atoms with Gasteiger partial charge in [-0.2, -0.15) is 0 Å². The van der Waals surface area contributed by atoms with Crippen molar-refractivity contribution in [1.82, 2.24) is 4.90 Å². The van der Waals surface area contributed by atoms with Gasteiger partial charge in [-0.1, -0.05) is 27.7 Å². The Morgan fingerprint density at radius 2 is 1.68 bits per heavy atom. The molecule has 1 heterocycles. The smallest absolute Gasteiger partial charge is 0.0519 e. The number of aliphatic hydroxyl groups excluding tert-OH is 2. The Kier molecular flexibility index (Phi) is 5.56. The first-order valence-electron chi connectivity index (χ1n) is 6.70. The van der Waals surface area contributed by atoms with Gasteiger partial charge in [0.05, 0.1) is 13.2 Å². The van der Waals surface area contributed by atoms with Gasteiger partial charge in [-0.3, -0.25) is 0 Å². The minimum absolute atomic E-state index is 0.00548. The highest BCUT2D eigenvalue weighted by molar-refractivity contribution is 7.12. The van der Waals surface area contributed by atoms with Gasteiger partial charge in [0.2, 0.25) is 0 Å². The highest BCUT2D eigenvalue weighted by Gasteiger charge is 2.24. The molecule has 0 amide bonds. The Bertz CT molecular complexity index is 391. The summed E-state index contributed by atoms with van der Waals surface area (Å²) in [6, 6.07) is 4.38. The van der Waals surface area contributed by atoms with E-state index in [2.05, 4.69) is 37.8 Å². The molecule has 4 heteroatoms. The molecule has 0 radical (unpaired) electrons. The Labute approximate surface area is 120 Å². The van der Waals surface area contributed by atoms with Crippen LogP contribution in [0.2, 0.25) is 0 Å². The summed E-state index contributed by atoms with van der Waals surface area (Å²) in [5, 5.41) is 18.7. The minimum Gasteiger partial charge on any atom is -0.396 e. The standard InChI is InChI=1S/C15H27NO2S/c1-14(2,3)13-7-6-12(19-13)8-16(5)9-15(4,10-17)11-18/h6-7,17-18H,8-11H2,1-5H3. The summed E-state index contributed by atoms with van der Waals surface area (Å²) in [4.78, 5) is 4.87. The van der Waals surface area contributed by atoms with E-state index in [4.69, 9.17) is 0 Å². The fourth-order valence-electron chi connectivity index (χ4n) is 1.99. The lowest BCUT2D eigenvalue weighted by molar-refractivity contribution is 0.0404. The average Bonchev–Trinajstić information content (AvgIpc) is 2.76. The third-order valence-corrected chi connectivity index (χ3v) is 4.74. The van der Waals surface area contributed by atoms with E-state index in [-0.39, 0.29) is 18.6 Å². The summed E-state index contributed by atoms with van der Waals surface area (Å²) in [5.74, 6) is 0. The predicted molar refractivity (Wildman–Crippen MR) is 81.6 cm³/mol. The molecular formula is C15H27NO2S. The third-order valence-electron chi connectivity index (χ3n) is 3.24. The van der Waals surface area contributed by atoms with Gasteiger partial charge >= 0.3 is 0 Å². The van der Waals surface area contributed by atoms with E-state index in [0.717, 1.165) is 6.54 Å². The number of nitrogens with zero attached hydrogens (tertiary/aromatic N) is 1. The van der Waals surface area contributed by atoms with Gasteiger partial charge in [-0.05, 0) is 24.6 Å². The molecule has 3 nitrogen and oxygen atoms in total. The first-order valence-corrected chi connectivity index (χ1v) is 7.51. The van der Waals surface area contributed by atoms with E-state index in [1.807, 2.05) is 25.3 Å². The molecule has 0 spiro atoms. The normalized spacial score (nSPS) is 13.3. The Hall–Kier alpha value is -0.420. The van der Waals surface area contributed by atoms with E-state index < -0.39 is 5.41 Å². The molecule has 1 rings (SSSR count). The highest BCUT2D eigenvalue weighted by Crippen LogP contribution is 2.30. The molecule has 1 aromatic heterocycles. The van der Waals surface area contributed by atoms with Gasteiger partial charge in [0.1, 0.15) is 0 Å². The van der Waals surface area contributed by atoms with Crippen molar-refractivity contribution in [1.29, 1.82) is 0 Å². The number of aliphatic hydroxyl groups is 2. The van der Waals surface area contributed by atoms with E-state index in [9.17, 15) is 10.2 Å². The van der Waals surface area contributed by atoms with Gasteiger partial charge < -0.3 is 15.1 Å². The molecule has 1 aromatic rings. The SMILES string of the molecule is CN(Cc1ccc(C(C)(C)C)s1)CC(C)(CO)CO. The maximum absolute atomic E-state index is 9.33. The molecule has 0 saturated heterocycles. The molecule has 110 valence electrons. The van der Waals surface area contributed by atoms with Gasteiger partial charge in [0.15, 0.2) is 0 Å². The topological polar surface area (TPSA) is 43.7 Å². The van der Waals surface area contributed by atoms with Gasteiger partial charge in [0.25, 0.3) is 0 Å². The number of rotatable bonds is 6. The van der Waals surface area contributed by atoms with Crippen molar-refractivity contribution < 1.29 is 10.2 Å². The predicted octanol–water partition coefficient (Wildman–Crippen LogP) is 2.47. The summed E-state index contributed by atoms with van der Waals surface area (Å²) in [6.07, 6.45) is 0. The lowest BCUT2D eigenvalue weighted by atomic mass is 9.92. The number of thiophene rings is 1. The van der Waals surface area contributed by atoms with Crippen LogP contribution in [0.1, 0.15) is 37.4 Å². The first kappa shape index (κ1) is 16.6.